The van der Waals surface area contributed by atoms with Gasteiger partial charge >= 0.3 is 0 Å². The third kappa shape index (κ3) is 3.30. The summed E-state index contributed by atoms with van der Waals surface area (Å²) in [6.45, 7) is 1.46. The van der Waals surface area contributed by atoms with E-state index >= 15 is 0 Å². The summed E-state index contributed by atoms with van der Waals surface area (Å²) in [7, 11) is -8.17. The highest BCUT2D eigenvalue weighted by Crippen LogP contribution is 2.19. The average molecular weight is 288 g/mol. The Bertz CT molecular complexity index is 687. The molecular weight excluding hydrogens is 276 g/mol. The van der Waals surface area contributed by atoms with Crippen LogP contribution in [0.1, 0.15) is 6.92 Å². The van der Waals surface area contributed by atoms with Crippen molar-refractivity contribution in [3.63, 3.8) is 0 Å². The van der Waals surface area contributed by atoms with Gasteiger partial charge in [-0.25, -0.2) is 22.0 Å². The first kappa shape index (κ1) is 14.7. The molecule has 3 N–H and O–H groups in total. The Balaban J connectivity index is 3.40. The molecule has 1 atom stereocenters. The van der Waals surface area contributed by atoms with Gasteiger partial charge in [-0.1, -0.05) is 18.1 Å². The van der Waals surface area contributed by atoms with E-state index in [9.17, 15) is 16.8 Å². The number of hydrogen-bond acceptors (Lipinski definition) is 4. The summed E-state index contributed by atoms with van der Waals surface area (Å²) in [5.41, 5.74) is 0. The van der Waals surface area contributed by atoms with Crippen LogP contribution in [-0.2, 0) is 20.0 Å². The quantitative estimate of drug-likeness (QED) is 0.737. The molecule has 0 amide bonds. The first-order valence-electron chi connectivity index (χ1n) is 4.79. The van der Waals surface area contributed by atoms with Crippen molar-refractivity contribution >= 4 is 20.0 Å². The highest BCUT2D eigenvalue weighted by molar-refractivity contribution is 7.92. The zero-order valence-corrected chi connectivity index (χ0v) is 11.1. The molecule has 1 aromatic carbocycles. The number of nitrogens with one attached hydrogen (secondary N) is 1. The summed E-state index contributed by atoms with van der Waals surface area (Å²) in [6, 6.07) is 4.27. The van der Waals surface area contributed by atoms with Gasteiger partial charge in [0, 0.05) is 0 Å². The lowest BCUT2D eigenvalue weighted by Gasteiger charge is -2.11. The molecule has 0 spiro atoms. The molecule has 98 valence electrons. The Morgan fingerprint density at radius 3 is 2.17 bits per heavy atom. The Morgan fingerprint density at radius 2 is 1.72 bits per heavy atom. The lowest BCUT2D eigenvalue weighted by Crippen LogP contribution is -2.32. The standard InChI is InChI=1S/C10H12N2O4S2/c1-3-8(2)12-18(15,16)10-7-5-4-6-9(10)17(11,13)14/h1,4-8,12H,2H3,(H2,11,13,14). The van der Waals surface area contributed by atoms with Crippen LogP contribution in [0.4, 0.5) is 0 Å². The van der Waals surface area contributed by atoms with E-state index in [4.69, 9.17) is 11.6 Å². The van der Waals surface area contributed by atoms with Crippen LogP contribution in [0.5, 0.6) is 0 Å². The maximum absolute atomic E-state index is 11.9. The van der Waals surface area contributed by atoms with Gasteiger partial charge in [0.2, 0.25) is 20.0 Å². The van der Waals surface area contributed by atoms with Gasteiger partial charge in [0.05, 0.1) is 6.04 Å². The maximum atomic E-state index is 11.9. The van der Waals surface area contributed by atoms with E-state index < -0.39 is 35.9 Å². The fourth-order valence-electron chi connectivity index (χ4n) is 1.24. The fraction of sp³-hybridized carbons (Fsp3) is 0.200. The second-order valence-corrected chi connectivity index (χ2v) is 6.71. The molecule has 1 rings (SSSR count). The van der Waals surface area contributed by atoms with Gasteiger partial charge in [-0.2, -0.15) is 4.72 Å². The minimum absolute atomic E-state index is 0.422. The molecule has 0 fully saturated rings. The third-order valence-electron chi connectivity index (χ3n) is 2.03. The molecule has 0 aliphatic rings. The zero-order valence-electron chi connectivity index (χ0n) is 9.49. The largest absolute Gasteiger partial charge is 0.243 e. The molecule has 18 heavy (non-hydrogen) atoms. The van der Waals surface area contributed by atoms with Crippen molar-refractivity contribution < 1.29 is 16.8 Å². The Labute approximate surface area is 106 Å². The topological polar surface area (TPSA) is 106 Å². The summed E-state index contributed by atoms with van der Waals surface area (Å²) in [5, 5.41) is 4.96. The van der Waals surface area contributed by atoms with Crippen LogP contribution in [-0.4, -0.2) is 22.9 Å². The van der Waals surface area contributed by atoms with Crippen LogP contribution in [0.2, 0.25) is 0 Å². The van der Waals surface area contributed by atoms with Gasteiger partial charge in [-0.15, -0.1) is 6.42 Å². The molecular formula is C10H12N2O4S2. The van der Waals surface area contributed by atoms with Gasteiger partial charge < -0.3 is 0 Å². The molecule has 0 heterocycles. The van der Waals surface area contributed by atoms with Crippen LogP contribution in [0.25, 0.3) is 0 Å². The van der Waals surface area contributed by atoms with Crippen molar-refractivity contribution in [1.82, 2.24) is 4.72 Å². The van der Waals surface area contributed by atoms with E-state index in [1.807, 2.05) is 0 Å². The van der Waals surface area contributed by atoms with Gasteiger partial charge in [-0.3, -0.25) is 0 Å². The van der Waals surface area contributed by atoms with Crippen LogP contribution in [0.15, 0.2) is 34.1 Å². The Morgan fingerprint density at radius 1 is 1.22 bits per heavy atom. The molecule has 0 aliphatic carbocycles. The van der Waals surface area contributed by atoms with Crippen molar-refractivity contribution in [3.05, 3.63) is 24.3 Å². The molecule has 0 saturated carbocycles. The summed E-state index contributed by atoms with van der Waals surface area (Å²) in [4.78, 5) is -0.892. The molecule has 1 unspecified atom stereocenters. The molecule has 1 aromatic rings. The van der Waals surface area contributed by atoms with Gasteiger partial charge in [-0.05, 0) is 19.1 Å². The number of benzene rings is 1. The summed E-state index contributed by atoms with van der Waals surface area (Å²) >= 11 is 0. The number of primary sulfonamides is 1. The van der Waals surface area contributed by atoms with Crippen LogP contribution >= 0.6 is 0 Å². The Hall–Kier alpha value is -1.40. The molecule has 0 radical (unpaired) electrons. The summed E-state index contributed by atoms with van der Waals surface area (Å²) in [6.07, 6.45) is 5.06. The van der Waals surface area contributed by atoms with Crippen molar-refractivity contribution in [2.24, 2.45) is 5.14 Å². The lowest BCUT2D eigenvalue weighted by atomic mass is 10.4. The molecule has 0 bridgehead atoms. The van der Waals surface area contributed by atoms with E-state index in [0.29, 0.717) is 0 Å². The fourth-order valence-corrected chi connectivity index (χ4v) is 3.78. The number of sulfonamides is 2. The molecule has 6 nitrogen and oxygen atoms in total. The first-order valence-corrected chi connectivity index (χ1v) is 7.81. The third-order valence-corrected chi connectivity index (χ3v) is 4.72. The van der Waals surface area contributed by atoms with Gasteiger partial charge in [0.1, 0.15) is 9.79 Å². The van der Waals surface area contributed by atoms with Gasteiger partial charge in [0.15, 0.2) is 0 Å². The van der Waals surface area contributed by atoms with Crippen LogP contribution in [0, 0.1) is 12.3 Å². The molecule has 8 heteroatoms. The number of nitrogens with two attached hydrogens (primary N) is 1. The second-order valence-electron chi connectivity index (χ2n) is 3.50. The minimum Gasteiger partial charge on any atom is -0.225 e. The minimum atomic E-state index is -4.13. The average Bonchev–Trinajstić information content (AvgIpc) is 2.27. The van der Waals surface area contributed by atoms with E-state index in [1.54, 1.807) is 0 Å². The normalized spacial score (nSPS) is 13.8. The van der Waals surface area contributed by atoms with E-state index in [-0.39, 0.29) is 0 Å². The summed E-state index contributed by atoms with van der Waals surface area (Å²) in [5.74, 6) is 2.18. The number of terminal acetylenes is 1. The van der Waals surface area contributed by atoms with Crippen LogP contribution < -0.4 is 9.86 Å². The zero-order chi connectivity index (χ0) is 14.0. The SMILES string of the molecule is C#CC(C)NS(=O)(=O)c1ccccc1S(N)(=O)=O. The monoisotopic (exact) mass is 288 g/mol. The predicted molar refractivity (Wildman–Crippen MR) is 66.4 cm³/mol. The summed E-state index contributed by atoms with van der Waals surface area (Å²) < 4.78 is 48.6. The van der Waals surface area contributed by atoms with E-state index in [2.05, 4.69) is 10.6 Å². The second kappa shape index (κ2) is 5.07. The van der Waals surface area contributed by atoms with E-state index in [0.717, 1.165) is 12.1 Å². The lowest BCUT2D eigenvalue weighted by molar-refractivity contribution is 0.570. The van der Waals surface area contributed by atoms with Crippen molar-refractivity contribution in [2.75, 3.05) is 0 Å². The maximum Gasteiger partial charge on any atom is 0.243 e. The number of hydrogen-bond donors (Lipinski definition) is 2. The van der Waals surface area contributed by atoms with Crippen molar-refractivity contribution in [1.29, 1.82) is 0 Å². The molecule has 0 aromatic heterocycles. The van der Waals surface area contributed by atoms with Crippen LogP contribution in [0.3, 0.4) is 0 Å². The highest BCUT2D eigenvalue weighted by atomic mass is 32.2. The predicted octanol–water partition coefficient (Wildman–Crippen LogP) is -0.366. The van der Waals surface area contributed by atoms with Gasteiger partial charge in [0.25, 0.3) is 0 Å². The molecule has 0 saturated heterocycles. The highest BCUT2D eigenvalue weighted by Gasteiger charge is 2.24. The Kier molecular flexibility index (Phi) is 4.13. The van der Waals surface area contributed by atoms with Crippen molar-refractivity contribution in [2.45, 2.75) is 22.8 Å². The first-order chi connectivity index (χ1) is 8.18. The van der Waals surface area contributed by atoms with E-state index in [1.165, 1.54) is 19.1 Å². The van der Waals surface area contributed by atoms with Crippen molar-refractivity contribution in [3.8, 4) is 12.3 Å². The number of rotatable bonds is 4. The smallest absolute Gasteiger partial charge is 0.225 e. The molecule has 0 aliphatic heterocycles.